The summed E-state index contributed by atoms with van der Waals surface area (Å²) in [5, 5.41) is 10.6. The van der Waals surface area contributed by atoms with Gasteiger partial charge in [0.25, 0.3) is 0 Å². The van der Waals surface area contributed by atoms with Gasteiger partial charge in [-0.15, -0.1) is 0 Å². The number of amides is 1. The number of rotatable bonds is 5. The molecular weight excluding hydrogens is 292 g/mol. The van der Waals surface area contributed by atoms with Crippen molar-refractivity contribution in [3.8, 4) is 0 Å². The molecule has 2 aromatic heterocycles. The highest BCUT2D eigenvalue weighted by atomic mass is 16.2. The van der Waals surface area contributed by atoms with E-state index in [0.29, 0.717) is 12.5 Å². The molecule has 3 heterocycles. The first kappa shape index (κ1) is 15.6. The Bertz CT molecular complexity index is 645. The van der Waals surface area contributed by atoms with Gasteiger partial charge in [0.1, 0.15) is 6.54 Å². The van der Waals surface area contributed by atoms with Crippen LogP contribution in [0.5, 0.6) is 0 Å². The summed E-state index contributed by atoms with van der Waals surface area (Å²) in [4.78, 5) is 20.6. The summed E-state index contributed by atoms with van der Waals surface area (Å²) in [6, 6.07) is 2.01. The van der Waals surface area contributed by atoms with E-state index in [2.05, 4.69) is 25.7 Å². The fourth-order valence-electron chi connectivity index (χ4n) is 2.82. The molecule has 0 spiro atoms. The third kappa shape index (κ3) is 4.13. The number of piperidine rings is 1. The highest BCUT2D eigenvalue weighted by Crippen LogP contribution is 2.22. The van der Waals surface area contributed by atoms with Gasteiger partial charge in [-0.2, -0.15) is 5.10 Å². The number of aryl methyl sites for hydroxylation is 1. The molecule has 0 aromatic carbocycles. The molecule has 1 saturated heterocycles. The van der Waals surface area contributed by atoms with Gasteiger partial charge in [-0.1, -0.05) is 0 Å². The van der Waals surface area contributed by atoms with Gasteiger partial charge in [0.2, 0.25) is 5.91 Å². The van der Waals surface area contributed by atoms with E-state index >= 15 is 0 Å². The highest BCUT2D eigenvalue weighted by molar-refractivity contribution is 5.75. The zero-order valence-corrected chi connectivity index (χ0v) is 13.3. The maximum absolute atomic E-state index is 12.1. The monoisotopic (exact) mass is 314 g/mol. The van der Waals surface area contributed by atoms with Crippen LogP contribution in [0, 0.1) is 6.92 Å². The Morgan fingerprint density at radius 1 is 1.43 bits per heavy atom. The Kier molecular flexibility index (Phi) is 4.97. The summed E-state index contributed by atoms with van der Waals surface area (Å²) < 4.78 is 1.80. The molecule has 0 aliphatic carbocycles. The van der Waals surface area contributed by atoms with Crippen LogP contribution in [0.3, 0.4) is 0 Å². The molecule has 1 amide bonds. The first-order valence-corrected chi connectivity index (χ1v) is 7.99. The summed E-state index contributed by atoms with van der Waals surface area (Å²) >= 11 is 0. The van der Waals surface area contributed by atoms with Crippen LogP contribution >= 0.6 is 0 Å². The number of carbonyl (C=O) groups is 1. The minimum Gasteiger partial charge on any atom is -0.349 e. The van der Waals surface area contributed by atoms with E-state index in [1.54, 1.807) is 23.3 Å². The van der Waals surface area contributed by atoms with Crippen molar-refractivity contribution in [3.63, 3.8) is 0 Å². The molecule has 1 aliphatic heterocycles. The van der Waals surface area contributed by atoms with E-state index in [0.717, 1.165) is 43.0 Å². The first-order valence-electron chi connectivity index (χ1n) is 7.99. The second-order valence-corrected chi connectivity index (χ2v) is 5.88. The van der Waals surface area contributed by atoms with Crippen LogP contribution in [0.1, 0.15) is 35.8 Å². The molecular formula is C16H22N6O. The zero-order valence-electron chi connectivity index (χ0n) is 13.3. The summed E-state index contributed by atoms with van der Waals surface area (Å²) in [6.45, 7) is 4.52. The fourth-order valence-corrected chi connectivity index (χ4v) is 2.82. The molecule has 7 nitrogen and oxygen atoms in total. The lowest BCUT2D eigenvalue weighted by molar-refractivity contribution is -0.122. The standard InChI is InChI=1S/C16H22N6O/c1-12-7-19-14(9-18-12)10-20-16(23)11-22-15(4-6-21-22)13-3-2-5-17-8-13/h4,6-7,9,13,17H,2-3,5,8,10-11H2,1H3,(H,20,23)/t13-/m0/s1. The van der Waals surface area contributed by atoms with Crippen molar-refractivity contribution in [1.82, 2.24) is 30.4 Å². The molecule has 23 heavy (non-hydrogen) atoms. The molecule has 0 bridgehead atoms. The highest BCUT2D eigenvalue weighted by Gasteiger charge is 2.19. The molecule has 0 radical (unpaired) electrons. The van der Waals surface area contributed by atoms with Crippen LogP contribution in [-0.2, 0) is 17.9 Å². The van der Waals surface area contributed by atoms with Crippen molar-refractivity contribution in [2.75, 3.05) is 13.1 Å². The Labute approximate surface area is 135 Å². The predicted molar refractivity (Wildman–Crippen MR) is 85.7 cm³/mol. The van der Waals surface area contributed by atoms with E-state index in [-0.39, 0.29) is 12.5 Å². The van der Waals surface area contributed by atoms with Gasteiger partial charge in [0, 0.05) is 30.6 Å². The zero-order chi connectivity index (χ0) is 16.1. The Morgan fingerprint density at radius 2 is 2.35 bits per heavy atom. The van der Waals surface area contributed by atoms with E-state index in [1.165, 1.54) is 0 Å². The predicted octanol–water partition coefficient (Wildman–Crippen LogP) is 0.765. The average Bonchev–Trinajstić information content (AvgIpc) is 3.03. The SMILES string of the molecule is Cc1cnc(CNC(=O)Cn2nccc2[C@H]2CCCNC2)cn1. The summed E-state index contributed by atoms with van der Waals surface area (Å²) in [5.74, 6) is 0.364. The Hall–Kier alpha value is -2.28. The van der Waals surface area contributed by atoms with Crippen LogP contribution in [0.15, 0.2) is 24.7 Å². The Morgan fingerprint density at radius 3 is 3.09 bits per heavy atom. The van der Waals surface area contributed by atoms with Gasteiger partial charge in [-0.25, -0.2) is 0 Å². The van der Waals surface area contributed by atoms with Crippen LogP contribution in [-0.4, -0.2) is 38.7 Å². The molecule has 7 heteroatoms. The molecule has 2 aromatic rings. The van der Waals surface area contributed by atoms with E-state index < -0.39 is 0 Å². The lowest BCUT2D eigenvalue weighted by Gasteiger charge is -2.23. The molecule has 0 saturated carbocycles. The molecule has 1 atom stereocenters. The van der Waals surface area contributed by atoms with Gasteiger partial charge < -0.3 is 10.6 Å². The number of hydrogen-bond donors (Lipinski definition) is 2. The van der Waals surface area contributed by atoms with E-state index in [1.807, 2.05) is 13.0 Å². The summed E-state index contributed by atoms with van der Waals surface area (Å²) in [6.07, 6.45) is 7.45. The van der Waals surface area contributed by atoms with Gasteiger partial charge in [0.05, 0.1) is 24.1 Å². The topological polar surface area (TPSA) is 84.7 Å². The summed E-state index contributed by atoms with van der Waals surface area (Å²) in [5.41, 5.74) is 2.74. The third-order valence-electron chi connectivity index (χ3n) is 4.06. The second kappa shape index (κ2) is 7.32. The van der Waals surface area contributed by atoms with E-state index in [9.17, 15) is 4.79 Å². The smallest absolute Gasteiger partial charge is 0.242 e. The number of nitrogens with one attached hydrogen (secondary N) is 2. The maximum atomic E-state index is 12.1. The summed E-state index contributed by atoms with van der Waals surface area (Å²) in [7, 11) is 0. The Balaban J connectivity index is 1.55. The number of aromatic nitrogens is 4. The van der Waals surface area contributed by atoms with Gasteiger partial charge in [0.15, 0.2) is 0 Å². The average molecular weight is 314 g/mol. The minimum absolute atomic E-state index is 0.0684. The van der Waals surface area contributed by atoms with E-state index in [4.69, 9.17) is 0 Å². The van der Waals surface area contributed by atoms with Crippen LogP contribution < -0.4 is 10.6 Å². The lowest BCUT2D eigenvalue weighted by Crippen LogP contribution is -2.32. The minimum atomic E-state index is -0.0684. The van der Waals surface area contributed by atoms with Gasteiger partial charge in [-0.3, -0.25) is 19.4 Å². The van der Waals surface area contributed by atoms with Gasteiger partial charge in [-0.05, 0) is 32.4 Å². The molecule has 3 rings (SSSR count). The maximum Gasteiger partial charge on any atom is 0.242 e. The largest absolute Gasteiger partial charge is 0.349 e. The van der Waals surface area contributed by atoms with Gasteiger partial charge >= 0.3 is 0 Å². The van der Waals surface area contributed by atoms with Crippen LogP contribution in [0.4, 0.5) is 0 Å². The van der Waals surface area contributed by atoms with Crippen molar-refractivity contribution in [3.05, 3.63) is 41.7 Å². The van der Waals surface area contributed by atoms with Crippen molar-refractivity contribution >= 4 is 5.91 Å². The molecule has 0 unspecified atom stereocenters. The lowest BCUT2D eigenvalue weighted by atomic mass is 9.96. The quantitative estimate of drug-likeness (QED) is 0.851. The normalized spacial score (nSPS) is 17.9. The molecule has 1 aliphatic rings. The number of nitrogens with zero attached hydrogens (tertiary/aromatic N) is 4. The second-order valence-electron chi connectivity index (χ2n) is 5.88. The van der Waals surface area contributed by atoms with Crippen molar-refractivity contribution < 1.29 is 4.79 Å². The van der Waals surface area contributed by atoms with Crippen molar-refractivity contribution in [2.24, 2.45) is 0 Å². The fraction of sp³-hybridized carbons (Fsp3) is 0.500. The molecule has 1 fully saturated rings. The molecule has 2 N–H and O–H groups in total. The molecule has 122 valence electrons. The first-order chi connectivity index (χ1) is 11.2. The van der Waals surface area contributed by atoms with Crippen LogP contribution in [0.25, 0.3) is 0 Å². The van der Waals surface area contributed by atoms with Crippen molar-refractivity contribution in [2.45, 2.75) is 38.8 Å². The number of carbonyl (C=O) groups excluding carboxylic acids is 1. The van der Waals surface area contributed by atoms with Crippen LogP contribution in [0.2, 0.25) is 0 Å². The number of hydrogen-bond acceptors (Lipinski definition) is 5. The van der Waals surface area contributed by atoms with Crippen molar-refractivity contribution in [1.29, 1.82) is 0 Å². The third-order valence-corrected chi connectivity index (χ3v) is 4.06.